The Hall–Kier alpha value is -3.58. The third kappa shape index (κ3) is 6.98. The molecule has 1 heterocycles. The number of nitrogens with zero attached hydrogens (tertiary/aromatic N) is 2. The van der Waals surface area contributed by atoms with Crippen LogP contribution in [0.25, 0.3) is 10.9 Å². The second-order valence-electron chi connectivity index (χ2n) is 7.48. The molecule has 0 bridgehead atoms. The summed E-state index contributed by atoms with van der Waals surface area (Å²) in [7, 11) is -2.85. The molecule has 10 nitrogen and oxygen atoms in total. The van der Waals surface area contributed by atoms with E-state index in [1.54, 1.807) is 24.3 Å². The van der Waals surface area contributed by atoms with Crippen molar-refractivity contribution in [2.24, 2.45) is 0 Å². The Kier molecular flexibility index (Phi) is 9.31. The van der Waals surface area contributed by atoms with Crippen LogP contribution in [0.5, 0.6) is 5.75 Å². The number of rotatable bonds is 11. The molecule has 0 spiro atoms. The van der Waals surface area contributed by atoms with E-state index in [9.17, 15) is 22.4 Å². The number of carbonyl (C=O) groups is 2. The summed E-state index contributed by atoms with van der Waals surface area (Å²) in [6.07, 6.45) is 2.79. The van der Waals surface area contributed by atoms with Crippen LogP contribution in [-0.2, 0) is 20.3 Å². The van der Waals surface area contributed by atoms with Crippen LogP contribution in [0, 0.1) is 5.82 Å². The molecule has 0 aliphatic rings. The lowest BCUT2D eigenvalue weighted by Crippen LogP contribution is -2.34. The number of hydrogen-bond donors (Lipinski definition) is 4. The fourth-order valence-electron chi connectivity index (χ4n) is 3.01. The molecule has 0 aliphatic carbocycles. The van der Waals surface area contributed by atoms with Crippen molar-refractivity contribution in [2.45, 2.75) is 18.6 Å². The number of hydrogen-bond acceptors (Lipinski definition) is 8. The first-order chi connectivity index (χ1) is 17.2. The van der Waals surface area contributed by atoms with Crippen molar-refractivity contribution in [3.63, 3.8) is 0 Å². The Bertz CT molecular complexity index is 1380. The van der Waals surface area contributed by atoms with E-state index in [1.165, 1.54) is 19.3 Å². The number of ether oxygens (including phenoxy) is 1. The first kappa shape index (κ1) is 27.0. The second-order valence-corrected chi connectivity index (χ2v) is 9.75. The number of thiol groups is 1. The monoisotopic (exact) mass is 579 g/mol. The topological polar surface area (TPSA) is 139 Å². The van der Waals surface area contributed by atoms with Crippen LogP contribution in [0.1, 0.15) is 13.3 Å². The van der Waals surface area contributed by atoms with Gasteiger partial charge in [-0.2, -0.15) is 0 Å². The molecule has 190 valence electrons. The average molecular weight is 580 g/mol. The van der Waals surface area contributed by atoms with Gasteiger partial charge in [-0.15, -0.1) is 0 Å². The van der Waals surface area contributed by atoms with Gasteiger partial charge in [0.05, 0.1) is 23.5 Å². The number of anilines is 3. The van der Waals surface area contributed by atoms with E-state index in [0.717, 1.165) is 6.08 Å². The lowest BCUT2D eigenvalue weighted by atomic mass is 10.1. The number of carbonyl (C=O) groups excluding carboxylic acids is 2. The smallest absolute Gasteiger partial charge is 0.247 e. The predicted molar refractivity (Wildman–Crippen MR) is 139 cm³/mol. The number of amides is 2. The molecule has 1 unspecified atom stereocenters. The molecule has 0 aliphatic heterocycles. The summed E-state index contributed by atoms with van der Waals surface area (Å²) in [6, 6.07) is 7.75. The van der Waals surface area contributed by atoms with E-state index in [-0.39, 0.29) is 18.8 Å². The molecular weight excluding hydrogens is 557 g/mol. The summed E-state index contributed by atoms with van der Waals surface area (Å²) in [5.41, 5.74) is 0.980. The molecule has 36 heavy (non-hydrogen) atoms. The zero-order valence-electron chi connectivity index (χ0n) is 19.1. The van der Waals surface area contributed by atoms with E-state index < -0.39 is 33.6 Å². The van der Waals surface area contributed by atoms with Crippen LogP contribution >= 0.6 is 15.9 Å². The van der Waals surface area contributed by atoms with Crippen LogP contribution in [0.15, 0.2) is 53.8 Å². The molecule has 1 aromatic heterocycles. The molecule has 0 saturated carbocycles. The molecule has 2 aromatic carbocycles. The Morgan fingerprint density at radius 2 is 2.00 bits per heavy atom. The molecule has 13 heteroatoms. The number of halogens is 2. The Balaban J connectivity index is 1.81. The van der Waals surface area contributed by atoms with Crippen LogP contribution < -0.4 is 20.7 Å². The Morgan fingerprint density at radius 1 is 1.22 bits per heavy atom. The molecule has 0 radical (unpaired) electrons. The standard InChI is InChI=1S/C23H23BrFN5O5S/c1-3-21(31)29-19-10-15-18(11-20(19)35-8-4-7-26-23(32)13(2)36(33)34)27-12-28-22(15)30-17-6-5-14(24)9-16(17)25/h3,5-6,9-13,36H,1,4,7-8H2,2H3,(H,26,32)(H,29,31)(H,27,28,30). The highest BCUT2D eigenvalue weighted by Crippen LogP contribution is 2.34. The highest BCUT2D eigenvalue weighted by atomic mass is 79.9. The van der Waals surface area contributed by atoms with E-state index in [2.05, 4.69) is 48.4 Å². The zero-order chi connectivity index (χ0) is 26.2. The van der Waals surface area contributed by atoms with E-state index in [0.29, 0.717) is 39.1 Å². The third-order valence-corrected chi connectivity index (χ3v) is 6.30. The lowest BCUT2D eigenvalue weighted by Gasteiger charge is -2.15. The van der Waals surface area contributed by atoms with Crippen molar-refractivity contribution in [1.82, 2.24) is 15.3 Å². The number of nitrogens with one attached hydrogen (secondary N) is 3. The fourth-order valence-corrected chi connectivity index (χ4v) is 3.63. The van der Waals surface area contributed by atoms with Gasteiger partial charge < -0.3 is 20.7 Å². The maximum Gasteiger partial charge on any atom is 0.247 e. The predicted octanol–water partition coefficient (Wildman–Crippen LogP) is 3.28. The normalized spacial score (nSPS) is 11.7. The lowest BCUT2D eigenvalue weighted by molar-refractivity contribution is -0.120. The highest BCUT2D eigenvalue weighted by Gasteiger charge is 2.16. The summed E-state index contributed by atoms with van der Waals surface area (Å²) in [5.74, 6) is -0.929. The molecule has 0 fully saturated rings. The van der Waals surface area contributed by atoms with Crippen molar-refractivity contribution in [3.05, 3.63) is 59.6 Å². The van der Waals surface area contributed by atoms with Crippen molar-refractivity contribution >= 4 is 66.5 Å². The Labute approximate surface area is 216 Å². The van der Waals surface area contributed by atoms with Crippen molar-refractivity contribution < 1.29 is 27.1 Å². The average Bonchev–Trinajstić information content (AvgIpc) is 2.85. The fraction of sp³-hybridized carbons (Fsp3) is 0.217. The van der Waals surface area contributed by atoms with Gasteiger partial charge in [0.15, 0.2) is 10.7 Å². The number of benzene rings is 2. The largest absolute Gasteiger partial charge is 0.491 e. The van der Waals surface area contributed by atoms with Gasteiger partial charge in [-0.3, -0.25) is 9.59 Å². The van der Waals surface area contributed by atoms with Crippen molar-refractivity contribution in [2.75, 3.05) is 23.8 Å². The van der Waals surface area contributed by atoms with Gasteiger partial charge in [-0.05, 0) is 43.7 Å². The molecule has 0 saturated heterocycles. The van der Waals surface area contributed by atoms with Crippen molar-refractivity contribution in [3.8, 4) is 5.75 Å². The van der Waals surface area contributed by atoms with E-state index in [4.69, 9.17) is 4.74 Å². The number of fused-ring (bicyclic) bond motifs is 1. The van der Waals surface area contributed by atoms with Crippen LogP contribution in [-0.4, -0.2) is 48.6 Å². The highest BCUT2D eigenvalue weighted by molar-refractivity contribution is 9.10. The minimum absolute atomic E-state index is 0.154. The van der Waals surface area contributed by atoms with Gasteiger partial charge in [0.25, 0.3) is 0 Å². The maximum absolute atomic E-state index is 14.4. The molecule has 3 rings (SSSR count). The van der Waals surface area contributed by atoms with Gasteiger partial charge in [-0.25, -0.2) is 22.8 Å². The zero-order valence-corrected chi connectivity index (χ0v) is 21.6. The first-order valence-electron chi connectivity index (χ1n) is 10.7. The molecular formula is C23H23BrFN5O5S. The van der Waals surface area contributed by atoms with Crippen LogP contribution in [0.4, 0.5) is 21.6 Å². The number of aromatic nitrogens is 2. The van der Waals surface area contributed by atoms with E-state index >= 15 is 0 Å². The van der Waals surface area contributed by atoms with Crippen LogP contribution in [0.2, 0.25) is 0 Å². The maximum atomic E-state index is 14.4. The van der Waals surface area contributed by atoms with Gasteiger partial charge in [0.2, 0.25) is 11.8 Å². The van der Waals surface area contributed by atoms with Gasteiger partial charge in [-0.1, -0.05) is 22.5 Å². The minimum atomic E-state index is -2.85. The molecule has 2 amide bonds. The third-order valence-electron chi connectivity index (χ3n) is 4.94. The molecule has 3 aromatic rings. The van der Waals surface area contributed by atoms with Crippen molar-refractivity contribution in [1.29, 1.82) is 0 Å². The summed E-state index contributed by atoms with van der Waals surface area (Å²) in [6.45, 7) is 5.10. The summed E-state index contributed by atoms with van der Waals surface area (Å²) in [4.78, 5) is 32.2. The summed E-state index contributed by atoms with van der Waals surface area (Å²) in [5, 5.41) is 7.52. The summed E-state index contributed by atoms with van der Waals surface area (Å²) >= 11 is 3.22. The van der Waals surface area contributed by atoms with Gasteiger partial charge in [0.1, 0.15) is 29.0 Å². The summed E-state index contributed by atoms with van der Waals surface area (Å²) < 4.78 is 42.6. The second kappa shape index (κ2) is 12.4. The van der Waals surface area contributed by atoms with Crippen LogP contribution in [0.3, 0.4) is 0 Å². The SMILES string of the molecule is C=CC(=O)Nc1cc2c(Nc3ccc(Br)cc3F)ncnc2cc1OCCCNC(=O)C(C)[SH](=O)=O. The van der Waals surface area contributed by atoms with Gasteiger partial charge >= 0.3 is 0 Å². The quantitative estimate of drug-likeness (QED) is 0.154. The van der Waals surface area contributed by atoms with E-state index in [1.807, 2.05) is 0 Å². The first-order valence-corrected chi connectivity index (χ1v) is 12.7. The Morgan fingerprint density at radius 3 is 2.69 bits per heavy atom. The van der Waals surface area contributed by atoms with Gasteiger partial charge in [0, 0.05) is 22.5 Å². The minimum Gasteiger partial charge on any atom is -0.491 e. The molecule has 3 N–H and O–H groups in total. The molecule has 1 atom stereocenters.